The molecule has 0 aromatic carbocycles. The third-order valence-electron chi connectivity index (χ3n) is 1.01. The van der Waals surface area contributed by atoms with Crippen molar-refractivity contribution in [2.75, 3.05) is 0 Å². The summed E-state index contributed by atoms with van der Waals surface area (Å²) >= 11 is 4.25. The van der Waals surface area contributed by atoms with E-state index in [0.717, 1.165) is 0 Å². The van der Waals surface area contributed by atoms with Crippen molar-refractivity contribution >= 4 is 27.3 Å². The Labute approximate surface area is 69.2 Å². The minimum atomic E-state index is -2.46. The van der Waals surface area contributed by atoms with Crippen LogP contribution in [0.4, 0.5) is 8.78 Å². The number of halogens is 3. The predicted molar refractivity (Wildman–Crippen MR) is 39.5 cm³/mol. The first-order valence-electron chi connectivity index (χ1n) is 2.52. The summed E-state index contributed by atoms with van der Waals surface area (Å²) < 4.78 is 24.4. The van der Waals surface area contributed by atoms with Crippen LogP contribution in [-0.4, -0.2) is 4.98 Å². The first-order chi connectivity index (χ1) is 4.61. The molecule has 1 heterocycles. The van der Waals surface area contributed by atoms with Crippen LogP contribution in [0.5, 0.6) is 0 Å². The molecule has 0 bridgehead atoms. The number of aromatic nitrogens is 1. The fraction of sp³-hybridized carbons (Fsp3) is 0.400. The summed E-state index contributed by atoms with van der Waals surface area (Å²) in [4.78, 5) is 4.17. The normalized spacial score (nSPS) is 10.9. The zero-order valence-corrected chi connectivity index (χ0v) is 7.47. The van der Waals surface area contributed by atoms with Gasteiger partial charge in [0.15, 0.2) is 3.92 Å². The Balaban J connectivity index is 3.03. The summed E-state index contributed by atoms with van der Waals surface area (Å²) in [5, 5.41) is 0. The van der Waals surface area contributed by atoms with Gasteiger partial charge in [0, 0.05) is 4.88 Å². The van der Waals surface area contributed by atoms with E-state index in [0.29, 0.717) is 8.79 Å². The van der Waals surface area contributed by atoms with Crippen molar-refractivity contribution in [3.05, 3.63) is 14.5 Å². The first-order valence-corrected chi connectivity index (χ1v) is 4.13. The topological polar surface area (TPSA) is 12.9 Å². The lowest BCUT2D eigenvalue weighted by Crippen LogP contribution is -1.85. The van der Waals surface area contributed by atoms with Gasteiger partial charge in [-0.1, -0.05) is 0 Å². The smallest absolute Gasteiger partial charge is 0.228 e. The molecule has 0 aliphatic carbocycles. The van der Waals surface area contributed by atoms with Gasteiger partial charge in [-0.2, -0.15) is 0 Å². The second-order valence-electron chi connectivity index (χ2n) is 1.71. The van der Waals surface area contributed by atoms with E-state index in [2.05, 4.69) is 20.9 Å². The molecule has 0 spiro atoms. The summed E-state index contributed by atoms with van der Waals surface area (Å²) in [7, 11) is 0. The lowest BCUT2D eigenvalue weighted by Gasteiger charge is -1.91. The summed E-state index contributed by atoms with van der Waals surface area (Å²) in [6, 6.07) is 0. The Morgan fingerprint density at radius 1 is 1.60 bits per heavy atom. The van der Waals surface area contributed by atoms with E-state index in [4.69, 9.17) is 0 Å². The van der Waals surface area contributed by atoms with E-state index in [1.807, 2.05) is 0 Å². The largest absolute Gasteiger partial charge is 0.281 e. The van der Waals surface area contributed by atoms with Crippen LogP contribution in [-0.2, 0) is 0 Å². The molecule has 0 fully saturated rings. The number of alkyl halides is 2. The monoisotopic (exact) mass is 227 g/mol. The Morgan fingerprint density at radius 3 is 2.40 bits per heavy atom. The zero-order valence-electron chi connectivity index (χ0n) is 5.07. The van der Waals surface area contributed by atoms with E-state index < -0.39 is 6.43 Å². The highest BCUT2D eigenvalue weighted by atomic mass is 79.9. The predicted octanol–water partition coefficient (Wildman–Crippen LogP) is 3.15. The highest BCUT2D eigenvalue weighted by Crippen LogP contribution is 2.28. The van der Waals surface area contributed by atoms with Crippen LogP contribution < -0.4 is 0 Å². The lowest BCUT2D eigenvalue weighted by molar-refractivity contribution is 0.146. The average molecular weight is 228 g/mol. The highest BCUT2D eigenvalue weighted by Gasteiger charge is 2.14. The van der Waals surface area contributed by atoms with Gasteiger partial charge < -0.3 is 0 Å². The molecule has 0 radical (unpaired) electrons. The minimum Gasteiger partial charge on any atom is -0.228 e. The van der Waals surface area contributed by atoms with Gasteiger partial charge in [-0.15, -0.1) is 11.3 Å². The number of hydrogen-bond donors (Lipinski definition) is 0. The van der Waals surface area contributed by atoms with E-state index >= 15 is 0 Å². The quantitative estimate of drug-likeness (QED) is 0.719. The second-order valence-corrected chi connectivity index (χ2v) is 4.19. The maximum atomic E-state index is 12.0. The van der Waals surface area contributed by atoms with Gasteiger partial charge >= 0.3 is 0 Å². The number of nitrogens with zero attached hydrogens (tertiary/aromatic N) is 1. The van der Waals surface area contributed by atoms with Crippen molar-refractivity contribution in [3.63, 3.8) is 0 Å². The molecule has 0 aliphatic heterocycles. The standard InChI is InChI=1S/C5H4BrF2NS/c1-2-3(4(7)8)9-5(6)10-2/h4H,1H3. The molecule has 1 rings (SSSR count). The zero-order chi connectivity index (χ0) is 7.72. The second kappa shape index (κ2) is 2.92. The maximum Gasteiger partial charge on any atom is 0.281 e. The van der Waals surface area contributed by atoms with Crippen LogP contribution >= 0.6 is 27.3 Å². The Kier molecular flexibility index (Phi) is 2.36. The van der Waals surface area contributed by atoms with Crippen LogP contribution in [0.1, 0.15) is 17.0 Å². The van der Waals surface area contributed by atoms with Crippen molar-refractivity contribution in [1.82, 2.24) is 4.98 Å². The minimum absolute atomic E-state index is 0.114. The molecule has 0 unspecified atom stereocenters. The van der Waals surface area contributed by atoms with Gasteiger partial charge in [0.2, 0.25) is 0 Å². The van der Waals surface area contributed by atoms with E-state index in [-0.39, 0.29) is 5.69 Å². The van der Waals surface area contributed by atoms with Gasteiger partial charge in [-0.25, -0.2) is 13.8 Å². The number of rotatable bonds is 1. The Bertz CT molecular complexity index is 236. The molecular formula is C5H4BrF2NS. The fourth-order valence-corrected chi connectivity index (χ4v) is 2.13. The van der Waals surface area contributed by atoms with Gasteiger partial charge in [-0.05, 0) is 22.9 Å². The van der Waals surface area contributed by atoms with Gasteiger partial charge in [-0.3, -0.25) is 0 Å². The van der Waals surface area contributed by atoms with Crippen LogP contribution in [0.3, 0.4) is 0 Å². The highest BCUT2D eigenvalue weighted by molar-refractivity contribution is 9.11. The first kappa shape index (κ1) is 8.07. The van der Waals surface area contributed by atoms with Crippen LogP contribution in [0.15, 0.2) is 3.92 Å². The van der Waals surface area contributed by atoms with Crippen molar-refractivity contribution < 1.29 is 8.78 Å². The van der Waals surface area contributed by atoms with Gasteiger partial charge in [0.1, 0.15) is 5.69 Å². The van der Waals surface area contributed by atoms with E-state index in [1.54, 1.807) is 6.92 Å². The molecule has 0 atom stereocenters. The van der Waals surface area contributed by atoms with E-state index in [9.17, 15) is 8.78 Å². The molecule has 0 saturated carbocycles. The molecule has 0 aliphatic rings. The van der Waals surface area contributed by atoms with Crippen molar-refractivity contribution in [3.8, 4) is 0 Å². The lowest BCUT2D eigenvalue weighted by atomic mass is 10.4. The molecule has 10 heavy (non-hydrogen) atoms. The average Bonchev–Trinajstić information content (AvgIpc) is 2.10. The molecule has 56 valence electrons. The van der Waals surface area contributed by atoms with Gasteiger partial charge in [0.05, 0.1) is 0 Å². The number of aryl methyl sites for hydroxylation is 1. The summed E-state index contributed by atoms with van der Waals surface area (Å²) in [6.07, 6.45) is -2.46. The van der Waals surface area contributed by atoms with E-state index in [1.165, 1.54) is 11.3 Å². The van der Waals surface area contributed by atoms with Gasteiger partial charge in [0.25, 0.3) is 6.43 Å². The molecule has 1 aromatic rings. The number of hydrogen-bond acceptors (Lipinski definition) is 2. The SMILES string of the molecule is Cc1sc(Br)nc1C(F)F. The molecule has 0 N–H and O–H groups in total. The summed E-state index contributed by atoms with van der Waals surface area (Å²) in [5.74, 6) is 0. The summed E-state index contributed by atoms with van der Waals surface area (Å²) in [6.45, 7) is 1.63. The Hall–Kier alpha value is -0.0300. The van der Waals surface area contributed by atoms with Crippen molar-refractivity contribution in [2.24, 2.45) is 0 Å². The van der Waals surface area contributed by atoms with Crippen molar-refractivity contribution in [2.45, 2.75) is 13.3 Å². The third-order valence-corrected chi connectivity index (χ3v) is 2.45. The molecule has 5 heteroatoms. The number of thiazole rings is 1. The fourth-order valence-electron chi connectivity index (χ4n) is 0.577. The molecule has 1 aromatic heterocycles. The Morgan fingerprint density at radius 2 is 2.20 bits per heavy atom. The van der Waals surface area contributed by atoms with Crippen LogP contribution in [0.25, 0.3) is 0 Å². The molecule has 0 amide bonds. The summed E-state index contributed by atoms with van der Waals surface area (Å²) in [5.41, 5.74) is -0.114. The maximum absolute atomic E-state index is 12.0. The third kappa shape index (κ3) is 1.52. The van der Waals surface area contributed by atoms with Crippen LogP contribution in [0, 0.1) is 6.92 Å². The molecule has 0 saturated heterocycles. The van der Waals surface area contributed by atoms with Crippen molar-refractivity contribution in [1.29, 1.82) is 0 Å². The molecular weight excluding hydrogens is 224 g/mol. The molecule has 1 nitrogen and oxygen atoms in total. The van der Waals surface area contributed by atoms with Crippen LogP contribution in [0.2, 0.25) is 0 Å².